The quantitative estimate of drug-likeness (QED) is 0.608. The Balaban J connectivity index is 1.84. The van der Waals surface area contributed by atoms with Gasteiger partial charge in [0.25, 0.3) is 5.89 Å². The second-order valence-electron chi connectivity index (χ2n) is 9.02. The molecule has 0 unspecified atom stereocenters. The largest absolute Gasteiger partial charge is 0.365 e. The lowest BCUT2D eigenvalue weighted by Gasteiger charge is -2.26. The SMILES string of the molecule is CC(C)(C)c1noc(-c2cc3c(cc2F)S(=O)(=O)C[C@H](N)CN3Cc2ccc(Cl)cc2)n1. The van der Waals surface area contributed by atoms with Gasteiger partial charge < -0.3 is 15.2 Å². The molecule has 0 fully saturated rings. The van der Waals surface area contributed by atoms with Crippen molar-refractivity contribution in [2.45, 2.75) is 43.7 Å². The average Bonchev–Trinajstić information content (AvgIpc) is 3.16. The van der Waals surface area contributed by atoms with Gasteiger partial charge in [0.1, 0.15) is 5.82 Å². The molecule has 2 N–H and O–H groups in total. The number of benzene rings is 2. The Morgan fingerprint density at radius 2 is 1.94 bits per heavy atom. The van der Waals surface area contributed by atoms with Gasteiger partial charge in [-0.05, 0) is 29.8 Å². The summed E-state index contributed by atoms with van der Waals surface area (Å²) in [5, 5.41) is 4.55. The van der Waals surface area contributed by atoms with E-state index in [4.69, 9.17) is 21.9 Å². The molecule has 10 heteroatoms. The third kappa shape index (κ3) is 4.51. The van der Waals surface area contributed by atoms with Crippen LogP contribution < -0.4 is 10.6 Å². The first kappa shape index (κ1) is 22.7. The van der Waals surface area contributed by atoms with Crippen molar-refractivity contribution < 1.29 is 17.3 Å². The molecule has 1 aliphatic rings. The van der Waals surface area contributed by atoms with Crippen LogP contribution in [0.5, 0.6) is 0 Å². The Kier molecular flexibility index (Phi) is 5.77. The highest BCUT2D eigenvalue weighted by Crippen LogP contribution is 2.37. The number of hydrogen-bond acceptors (Lipinski definition) is 7. The van der Waals surface area contributed by atoms with Gasteiger partial charge in [-0.25, -0.2) is 12.8 Å². The minimum atomic E-state index is -3.79. The molecule has 0 bridgehead atoms. The second-order valence-corrected chi connectivity index (χ2v) is 11.5. The van der Waals surface area contributed by atoms with E-state index in [1.165, 1.54) is 6.07 Å². The van der Waals surface area contributed by atoms with Gasteiger partial charge in [0.05, 0.1) is 21.9 Å². The number of sulfone groups is 1. The van der Waals surface area contributed by atoms with Crippen LogP contribution in [-0.2, 0) is 21.8 Å². The summed E-state index contributed by atoms with van der Waals surface area (Å²) in [4.78, 5) is 6.06. The van der Waals surface area contributed by atoms with E-state index in [2.05, 4.69) is 10.1 Å². The van der Waals surface area contributed by atoms with E-state index in [-0.39, 0.29) is 34.1 Å². The van der Waals surface area contributed by atoms with E-state index in [0.717, 1.165) is 11.6 Å². The highest BCUT2D eigenvalue weighted by Gasteiger charge is 2.33. The fraction of sp³-hybridized carbons (Fsp3) is 0.364. The normalized spacial score (nSPS) is 18.3. The van der Waals surface area contributed by atoms with Crippen molar-refractivity contribution in [1.82, 2.24) is 10.1 Å². The van der Waals surface area contributed by atoms with Gasteiger partial charge in [-0.3, -0.25) is 0 Å². The summed E-state index contributed by atoms with van der Waals surface area (Å²) in [5.41, 5.74) is 7.03. The molecule has 4 rings (SSSR count). The van der Waals surface area contributed by atoms with Crippen molar-refractivity contribution in [3.8, 4) is 11.5 Å². The minimum absolute atomic E-state index is 0.00684. The number of rotatable bonds is 3. The van der Waals surface area contributed by atoms with E-state index in [1.54, 1.807) is 12.1 Å². The Labute approximate surface area is 191 Å². The first-order valence-corrected chi connectivity index (χ1v) is 12.1. The molecule has 0 saturated carbocycles. The Morgan fingerprint density at radius 3 is 2.56 bits per heavy atom. The van der Waals surface area contributed by atoms with E-state index >= 15 is 4.39 Å². The molecular formula is C22H24ClFN4O3S. The van der Waals surface area contributed by atoms with Crippen molar-refractivity contribution in [1.29, 1.82) is 0 Å². The molecule has 1 aliphatic heterocycles. The molecule has 0 radical (unpaired) electrons. The molecule has 1 atom stereocenters. The number of fused-ring (bicyclic) bond motifs is 1. The van der Waals surface area contributed by atoms with Gasteiger partial charge in [0.2, 0.25) is 0 Å². The van der Waals surface area contributed by atoms with Crippen molar-refractivity contribution in [3.63, 3.8) is 0 Å². The predicted molar refractivity (Wildman–Crippen MR) is 121 cm³/mol. The number of hydrogen-bond donors (Lipinski definition) is 1. The maximum atomic E-state index is 15.1. The average molecular weight is 479 g/mol. The molecule has 3 aromatic rings. The van der Waals surface area contributed by atoms with Crippen LogP contribution in [0.15, 0.2) is 45.8 Å². The minimum Gasteiger partial charge on any atom is -0.365 e. The van der Waals surface area contributed by atoms with Gasteiger partial charge in [-0.2, -0.15) is 4.98 Å². The van der Waals surface area contributed by atoms with Crippen molar-refractivity contribution in [3.05, 3.63) is 58.6 Å². The van der Waals surface area contributed by atoms with Crippen LogP contribution in [0.1, 0.15) is 32.2 Å². The van der Waals surface area contributed by atoms with Gasteiger partial charge in [-0.15, -0.1) is 0 Å². The lowest BCUT2D eigenvalue weighted by Crippen LogP contribution is -2.39. The summed E-state index contributed by atoms with van der Waals surface area (Å²) in [5.74, 6) is -0.606. The summed E-state index contributed by atoms with van der Waals surface area (Å²) >= 11 is 5.98. The summed E-state index contributed by atoms with van der Waals surface area (Å²) in [7, 11) is -3.79. The smallest absolute Gasteiger partial charge is 0.260 e. The zero-order chi connectivity index (χ0) is 23.3. The first-order valence-electron chi connectivity index (χ1n) is 10.1. The standard InChI is InChI=1S/C22H24ClFN4O3S/c1-22(2,3)21-26-20(31-27-21)16-8-18-19(9-17(16)24)32(29,30)12-15(25)11-28(18)10-13-4-6-14(23)7-5-13/h4-9,15H,10-12,25H2,1-3H3/t15-/m1/s1. The number of nitrogens with zero attached hydrogens (tertiary/aromatic N) is 3. The van der Waals surface area contributed by atoms with Gasteiger partial charge in [0.15, 0.2) is 15.7 Å². The first-order chi connectivity index (χ1) is 14.9. The van der Waals surface area contributed by atoms with Crippen LogP contribution in [0, 0.1) is 5.82 Å². The molecular weight excluding hydrogens is 455 g/mol. The van der Waals surface area contributed by atoms with Crippen molar-refractivity contribution in [2.24, 2.45) is 5.73 Å². The number of nitrogens with two attached hydrogens (primary N) is 1. The van der Waals surface area contributed by atoms with Gasteiger partial charge >= 0.3 is 0 Å². The number of halogens is 2. The molecule has 32 heavy (non-hydrogen) atoms. The third-order valence-corrected chi connectivity index (χ3v) is 7.34. The maximum absolute atomic E-state index is 15.1. The monoisotopic (exact) mass is 478 g/mol. The molecule has 7 nitrogen and oxygen atoms in total. The zero-order valence-electron chi connectivity index (χ0n) is 18.0. The molecule has 0 aliphatic carbocycles. The van der Waals surface area contributed by atoms with E-state index < -0.39 is 21.7 Å². The molecule has 0 spiro atoms. The third-order valence-electron chi connectivity index (χ3n) is 5.23. The van der Waals surface area contributed by atoms with Crippen LogP contribution in [0.2, 0.25) is 5.02 Å². The molecule has 2 aromatic carbocycles. The summed E-state index contributed by atoms with van der Waals surface area (Å²) in [6, 6.07) is 9.06. The van der Waals surface area contributed by atoms with Crippen LogP contribution in [-0.4, -0.2) is 36.9 Å². The number of anilines is 1. The van der Waals surface area contributed by atoms with Crippen molar-refractivity contribution >= 4 is 27.1 Å². The second kappa shape index (κ2) is 8.13. The van der Waals surface area contributed by atoms with Crippen LogP contribution in [0.4, 0.5) is 10.1 Å². The summed E-state index contributed by atoms with van der Waals surface area (Å²) in [6.07, 6.45) is 0. The van der Waals surface area contributed by atoms with Crippen LogP contribution in [0.25, 0.3) is 11.5 Å². The van der Waals surface area contributed by atoms with Gasteiger partial charge in [0, 0.05) is 29.6 Å². The Morgan fingerprint density at radius 1 is 1.25 bits per heavy atom. The topological polar surface area (TPSA) is 102 Å². The van der Waals surface area contributed by atoms with E-state index in [9.17, 15) is 8.42 Å². The van der Waals surface area contributed by atoms with Crippen LogP contribution in [0.3, 0.4) is 0 Å². The molecule has 2 heterocycles. The fourth-order valence-corrected chi connectivity index (χ4v) is 5.37. The summed E-state index contributed by atoms with van der Waals surface area (Å²) in [6.45, 7) is 6.39. The molecule has 170 valence electrons. The fourth-order valence-electron chi connectivity index (χ4n) is 3.61. The lowest BCUT2D eigenvalue weighted by atomic mass is 9.96. The lowest BCUT2D eigenvalue weighted by molar-refractivity contribution is 0.401. The highest BCUT2D eigenvalue weighted by molar-refractivity contribution is 7.91. The van der Waals surface area contributed by atoms with Gasteiger partial charge in [-0.1, -0.05) is 49.7 Å². The number of aromatic nitrogens is 2. The van der Waals surface area contributed by atoms with E-state index in [0.29, 0.717) is 23.1 Å². The van der Waals surface area contributed by atoms with Crippen LogP contribution >= 0.6 is 11.6 Å². The molecule has 0 amide bonds. The summed E-state index contributed by atoms with van der Waals surface area (Å²) < 4.78 is 46.3. The molecule has 1 aromatic heterocycles. The highest BCUT2D eigenvalue weighted by atomic mass is 35.5. The van der Waals surface area contributed by atoms with E-state index in [1.807, 2.05) is 37.8 Å². The predicted octanol–water partition coefficient (Wildman–Crippen LogP) is 3.95. The van der Waals surface area contributed by atoms with Crippen molar-refractivity contribution in [2.75, 3.05) is 17.2 Å². The Bertz CT molecular complexity index is 1250. The maximum Gasteiger partial charge on any atom is 0.260 e. The zero-order valence-corrected chi connectivity index (χ0v) is 19.5. The Hall–Kier alpha value is -2.49. The molecule has 0 saturated heterocycles.